The normalized spacial score (nSPS) is 32.4. The molecule has 11 heteroatoms. The molecule has 6 atom stereocenters. The van der Waals surface area contributed by atoms with Crippen molar-refractivity contribution < 1.29 is 24.2 Å². The molecule has 4 aliphatic rings. The second-order valence-electron chi connectivity index (χ2n) is 10.6. The molecule has 3 N–H and O–H groups in total. The number of rotatable bonds is 11. The topological polar surface area (TPSA) is 111 Å². The van der Waals surface area contributed by atoms with Crippen molar-refractivity contribution in [3.63, 3.8) is 0 Å². The highest BCUT2D eigenvalue weighted by molar-refractivity contribution is 9.09. The maximum absolute atomic E-state index is 14.0. The second kappa shape index (κ2) is 12.2. The van der Waals surface area contributed by atoms with Crippen LogP contribution in [0.2, 0.25) is 0 Å². The first-order valence-corrected chi connectivity index (χ1v) is 15.4. The van der Waals surface area contributed by atoms with E-state index in [1.165, 1.54) is 0 Å². The molecular weight excluding hydrogens is 572 g/mol. The molecule has 3 amide bonds. The number of ether oxygens (including phenoxy) is 1. The largest absolute Gasteiger partial charge is 0.396 e. The Bertz CT molecular complexity index is 1010. The Hall–Kier alpha value is -1.66. The van der Waals surface area contributed by atoms with E-state index in [2.05, 4.69) is 31.5 Å². The number of unbranched alkanes of at least 4 members (excludes halogenated alkanes) is 2. The lowest BCUT2D eigenvalue weighted by Gasteiger charge is -2.35. The van der Waals surface area contributed by atoms with Crippen molar-refractivity contribution in [3.8, 4) is 0 Å². The Labute approximate surface area is 236 Å². The molecular formula is C27H37BrN4O5S. The lowest BCUT2D eigenvalue weighted by Crippen LogP contribution is -2.55. The van der Waals surface area contributed by atoms with Gasteiger partial charge in [0.2, 0.25) is 17.7 Å². The number of halogens is 1. The molecule has 9 nitrogen and oxygen atoms in total. The molecule has 3 unspecified atom stereocenters. The Morgan fingerprint density at radius 3 is 2.61 bits per heavy atom. The van der Waals surface area contributed by atoms with Crippen LogP contribution in [0.25, 0.3) is 0 Å². The molecule has 4 aliphatic heterocycles. The number of carbonyl (C=O) groups excluding carboxylic acids is 3. The number of alkyl halides is 1. The van der Waals surface area contributed by atoms with Gasteiger partial charge in [-0.2, -0.15) is 0 Å². The number of morpholine rings is 1. The molecule has 208 valence electrons. The van der Waals surface area contributed by atoms with Crippen LogP contribution in [0.1, 0.15) is 25.7 Å². The summed E-state index contributed by atoms with van der Waals surface area (Å²) >= 11 is 5.46. The predicted octanol–water partition coefficient (Wildman–Crippen LogP) is 1.70. The predicted molar refractivity (Wildman–Crippen MR) is 150 cm³/mol. The van der Waals surface area contributed by atoms with Crippen LogP contribution >= 0.6 is 27.7 Å². The van der Waals surface area contributed by atoms with Crippen LogP contribution in [-0.4, -0.2) is 106 Å². The summed E-state index contributed by atoms with van der Waals surface area (Å²) in [6.45, 7) is 4.90. The third kappa shape index (κ3) is 5.37. The first kappa shape index (κ1) is 27.9. The SMILES string of the molecule is O=C(NCCN1CCOCC1)C1N(CCCCCO)C(=O)[C@@H]2[C@@H](C(=O)Nc3ccccc3)[C@@H]3SC12CC3Br. The van der Waals surface area contributed by atoms with E-state index in [-0.39, 0.29) is 34.4 Å². The monoisotopic (exact) mass is 608 g/mol. The molecule has 1 spiro atoms. The van der Waals surface area contributed by atoms with Crippen LogP contribution in [0.4, 0.5) is 5.69 Å². The average molecular weight is 610 g/mol. The number of carbonyl (C=O) groups is 3. The number of likely N-dealkylation sites (tertiary alicyclic amines) is 1. The number of aliphatic hydroxyl groups excluding tert-OH is 1. The molecule has 2 bridgehead atoms. The first-order valence-electron chi connectivity index (χ1n) is 13.6. The van der Waals surface area contributed by atoms with E-state index in [1.54, 1.807) is 16.7 Å². The minimum atomic E-state index is -0.644. The number of aliphatic hydroxyl groups is 1. The zero-order valence-corrected chi connectivity index (χ0v) is 23.9. The Morgan fingerprint density at radius 2 is 1.87 bits per heavy atom. The Morgan fingerprint density at radius 1 is 1.11 bits per heavy atom. The van der Waals surface area contributed by atoms with Crippen molar-refractivity contribution in [2.45, 2.75) is 46.5 Å². The summed E-state index contributed by atoms with van der Waals surface area (Å²) in [7, 11) is 0. The standard InChI is InChI=1S/C27H37BrN4O5S/c28-19-17-27-21(20(22(19)38-27)24(34)30-18-7-3-1-4-8-18)26(36)32(10-5-2-6-14-33)23(27)25(35)29-9-11-31-12-15-37-16-13-31/h1,3-4,7-8,19-23,33H,2,5-6,9-17H2,(H,29,35)(H,30,34)/t19?,20-,21+,22-,23?,27?/m1/s1. The number of hydrogen-bond acceptors (Lipinski definition) is 7. The van der Waals surface area contributed by atoms with Crippen molar-refractivity contribution in [1.29, 1.82) is 0 Å². The summed E-state index contributed by atoms with van der Waals surface area (Å²) in [5.41, 5.74) is 0.703. The second-order valence-corrected chi connectivity index (χ2v) is 13.3. The van der Waals surface area contributed by atoms with Gasteiger partial charge in [-0.05, 0) is 37.8 Å². The number of fused-ring (bicyclic) bond motifs is 1. The van der Waals surface area contributed by atoms with Crippen LogP contribution in [-0.2, 0) is 19.1 Å². The molecule has 5 rings (SSSR count). The zero-order chi connectivity index (χ0) is 26.7. The Balaban J connectivity index is 1.36. The Kier molecular flexibility index (Phi) is 8.99. The van der Waals surface area contributed by atoms with Gasteiger partial charge in [-0.3, -0.25) is 19.3 Å². The maximum atomic E-state index is 14.0. The van der Waals surface area contributed by atoms with E-state index in [0.29, 0.717) is 51.3 Å². The first-order chi connectivity index (χ1) is 18.5. The highest BCUT2D eigenvalue weighted by Crippen LogP contribution is 2.67. The van der Waals surface area contributed by atoms with E-state index in [9.17, 15) is 19.5 Å². The fourth-order valence-electron chi connectivity index (χ4n) is 6.55. The van der Waals surface area contributed by atoms with Crippen LogP contribution in [0.3, 0.4) is 0 Å². The van der Waals surface area contributed by atoms with Crippen molar-refractivity contribution in [2.24, 2.45) is 11.8 Å². The summed E-state index contributed by atoms with van der Waals surface area (Å²) in [4.78, 5) is 45.5. The minimum absolute atomic E-state index is 0.0427. The number of benzene rings is 1. The number of nitrogens with one attached hydrogen (secondary N) is 2. The number of hydrogen-bond donors (Lipinski definition) is 3. The van der Waals surface area contributed by atoms with Crippen molar-refractivity contribution in [2.75, 3.05) is 57.9 Å². The van der Waals surface area contributed by atoms with Crippen molar-refractivity contribution >= 4 is 51.1 Å². The van der Waals surface area contributed by atoms with E-state index in [4.69, 9.17) is 4.74 Å². The smallest absolute Gasteiger partial charge is 0.244 e. The van der Waals surface area contributed by atoms with E-state index in [0.717, 1.165) is 26.1 Å². The van der Waals surface area contributed by atoms with Gasteiger partial charge in [0, 0.05) is 55.1 Å². The van der Waals surface area contributed by atoms with E-state index in [1.807, 2.05) is 30.3 Å². The lowest BCUT2D eigenvalue weighted by molar-refractivity contribution is -0.139. The zero-order valence-electron chi connectivity index (χ0n) is 21.5. The van der Waals surface area contributed by atoms with Crippen molar-refractivity contribution in [3.05, 3.63) is 30.3 Å². The quantitative estimate of drug-likeness (QED) is 0.259. The minimum Gasteiger partial charge on any atom is -0.396 e. The van der Waals surface area contributed by atoms with Gasteiger partial charge < -0.3 is 25.4 Å². The van der Waals surface area contributed by atoms with Crippen LogP contribution in [0.15, 0.2) is 30.3 Å². The fourth-order valence-corrected chi connectivity index (χ4v) is 10.2. The maximum Gasteiger partial charge on any atom is 0.244 e. The van der Waals surface area contributed by atoms with Gasteiger partial charge in [-0.25, -0.2) is 0 Å². The summed E-state index contributed by atoms with van der Waals surface area (Å²) in [5, 5.41) is 15.3. The molecule has 4 heterocycles. The number of thioether (sulfide) groups is 1. The van der Waals surface area contributed by atoms with Gasteiger partial charge in [0.1, 0.15) is 6.04 Å². The number of anilines is 1. The molecule has 1 aromatic rings. The summed E-state index contributed by atoms with van der Waals surface area (Å²) in [6.07, 6.45) is 2.81. The molecule has 0 saturated carbocycles. The van der Waals surface area contributed by atoms with Gasteiger partial charge in [0.05, 0.1) is 29.8 Å². The highest BCUT2D eigenvalue weighted by Gasteiger charge is 2.75. The molecule has 0 aliphatic carbocycles. The molecule has 4 fully saturated rings. The molecule has 4 saturated heterocycles. The lowest BCUT2D eigenvalue weighted by atomic mass is 9.70. The number of para-hydroxylation sites is 1. The number of nitrogens with zero attached hydrogens (tertiary/aromatic N) is 2. The molecule has 0 aromatic heterocycles. The average Bonchev–Trinajstić information content (AvgIpc) is 3.51. The molecule has 1 aromatic carbocycles. The van der Waals surface area contributed by atoms with E-state index >= 15 is 0 Å². The summed E-state index contributed by atoms with van der Waals surface area (Å²) < 4.78 is 4.77. The third-order valence-electron chi connectivity index (χ3n) is 8.27. The van der Waals surface area contributed by atoms with Crippen LogP contribution in [0.5, 0.6) is 0 Å². The van der Waals surface area contributed by atoms with Crippen LogP contribution < -0.4 is 10.6 Å². The molecule has 38 heavy (non-hydrogen) atoms. The molecule has 0 radical (unpaired) electrons. The fraction of sp³-hybridized carbons (Fsp3) is 0.667. The van der Waals surface area contributed by atoms with Gasteiger partial charge in [-0.15, -0.1) is 11.8 Å². The van der Waals surface area contributed by atoms with Crippen molar-refractivity contribution in [1.82, 2.24) is 15.1 Å². The highest BCUT2D eigenvalue weighted by atomic mass is 79.9. The van der Waals surface area contributed by atoms with Gasteiger partial charge >= 0.3 is 0 Å². The summed E-state index contributed by atoms with van der Waals surface area (Å²) in [6, 6.07) is 8.69. The van der Waals surface area contributed by atoms with Crippen LogP contribution in [0, 0.1) is 11.8 Å². The van der Waals surface area contributed by atoms with Gasteiger partial charge in [0.25, 0.3) is 0 Å². The summed E-state index contributed by atoms with van der Waals surface area (Å²) in [5.74, 6) is -1.44. The van der Waals surface area contributed by atoms with Gasteiger partial charge in [-0.1, -0.05) is 34.1 Å². The van der Waals surface area contributed by atoms with E-state index < -0.39 is 22.6 Å². The number of amides is 3. The van der Waals surface area contributed by atoms with Gasteiger partial charge in [0.15, 0.2) is 0 Å². The third-order valence-corrected chi connectivity index (χ3v) is 11.5.